The summed E-state index contributed by atoms with van der Waals surface area (Å²) in [7, 11) is -3.85. The van der Waals surface area contributed by atoms with Crippen molar-refractivity contribution < 1.29 is 18.3 Å². The maximum atomic E-state index is 12.7. The Morgan fingerprint density at radius 3 is 2.75 bits per heavy atom. The minimum atomic E-state index is -3.85. The van der Waals surface area contributed by atoms with Crippen molar-refractivity contribution in [1.82, 2.24) is 4.98 Å². The Kier molecular flexibility index (Phi) is 4.26. The summed E-state index contributed by atoms with van der Waals surface area (Å²) in [6.45, 7) is 2.34. The maximum absolute atomic E-state index is 12.7. The quantitative estimate of drug-likeness (QED) is 0.742. The van der Waals surface area contributed by atoms with Gasteiger partial charge in [-0.05, 0) is 31.2 Å². The number of phenolic OH excluding ortho intramolecular Hbond substituents is 1. The van der Waals surface area contributed by atoms with Gasteiger partial charge in [0.05, 0.1) is 17.2 Å². The molecule has 0 atom stereocenters. The predicted molar refractivity (Wildman–Crippen MR) is 91.8 cm³/mol. The highest BCUT2D eigenvalue weighted by atomic mass is 32.2. The molecule has 7 heteroatoms. The molecule has 6 nitrogen and oxygen atoms in total. The van der Waals surface area contributed by atoms with Gasteiger partial charge in [-0.1, -0.05) is 18.2 Å². The SMILES string of the molecule is CCOc1cccc(NS(=O)(=O)c2ccnc3c(O)cccc23)c1. The van der Waals surface area contributed by atoms with Gasteiger partial charge >= 0.3 is 0 Å². The van der Waals surface area contributed by atoms with E-state index in [1.165, 1.54) is 18.3 Å². The fraction of sp³-hybridized carbons (Fsp3) is 0.118. The van der Waals surface area contributed by atoms with Crippen LogP contribution in [0.4, 0.5) is 5.69 Å². The van der Waals surface area contributed by atoms with Gasteiger partial charge < -0.3 is 9.84 Å². The fourth-order valence-corrected chi connectivity index (χ4v) is 3.64. The molecule has 1 aromatic heterocycles. The van der Waals surface area contributed by atoms with Crippen molar-refractivity contribution in [2.45, 2.75) is 11.8 Å². The first kappa shape index (κ1) is 16.1. The molecule has 2 N–H and O–H groups in total. The highest BCUT2D eigenvalue weighted by molar-refractivity contribution is 7.93. The first-order valence-electron chi connectivity index (χ1n) is 7.33. The average molecular weight is 344 g/mol. The molecular weight excluding hydrogens is 328 g/mol. The second-order valence-electron chi connectivity index (χ2n) is 5.05. The largest absolute Gasteiger partial charge is 0.506 e. The third kappa shape index (κ3) is 3.11. The third-order valence-corrected chi connectivity index (χ3v) is 4.84. The molecule has 0 aliphatic heterocycles. The summed E-state index contributed by atoms with van der Waals surface area (Å²) in [6, 6.07) is 12.8. The normalized spacial score (nSPS) is 11.4. The van der Waals surface area contributed by atoms with Crippen LogP contribution in [0.15, 0.2) is 59.6 Å². The molecule has 0 bridgehead atoms. The zero-order valence-corrected chi connectivity index (χ0v) is 13.7. The lowest BCUT2D eigenvalue weighted by atomic mass is 10.2. The number of hydrogen-bond acceptors (Lipinski definition) is 5. The summed E-state index contributed by atoms with van der Waals surface area (Å²) < 4.78 is 33.4. The third-order valence-electron chi connectivity index (χ3n) is 3.40. The Morgan fingerprint density at radius 1 is 1.17 bits per heavy atom. The molecule has 0 unspecified atom stereocenters. The molecule has 0 fully saturated rings. The first-order valence-corrected chi connectivity index (χ1v) is 8.82. The topological polar surface area (TPSA) is 88.5 Å². The van der Waals surface area contributed by atoms with Crippen LogP contribution in [0.2, 0.25) is 0 Å². The average Bonchev–Trinajstić information content (AvgIpc) is 2.55. The molecule has 0 aliphatic rings. The molecule has 3 rings (SSSR count). The van der Waals surface area contributed by atoms with Crippen LogP contribution in [-0.2, 0) is 10.0 Å². The number of nitrogens with one attached hydrogen (secondary N) is 1. The van der Waals surface area contributed by atoms with E-state index in [0.29, 0.717) is 23.4 Å². The molecule has 124 valence electrons. The standard InChI is InChI=1S/C17H16N2O4S/c1-2-23-13-6-3-5-12(11-13)19-24(21,22)16-9-10-18-17-14(16)7-4-8-15(17)20/h3-11,19-20H,2H2,1H3. The summed E-state index contributed by atoms with van der Waals surface area (Å²) in [5.74, 6) is 0.512. The number of aromatic nitrogens is 1. The first-order chi connectivity index (χ1) is 11.5. The Balaban J connectivity index is 2.03. The van der Waals surface area contributed by atoms with Gasteiger partial charge in [0, 0.05) is 17.6 Å². The van der Waals surface area contributed by atoms with E-state index in [-0.39, 0.29) is 16.2 Å². The Hall–Kier alpha value is -2.80. The fourth-order valence-electron chi connectivity index (χ4n) is 2.40. The number of aromatic hydroxyl groups is 1. The lowest BCUT2D eigenvalue weighted by Gasteiger charge is -2.11. The molecule has 24 heavy (non-hydrogen) atoms. The van der Waals surface area contributed by atoms with Crippen molar-refractivity contribution in [3.8, 4) is 11.5 Å². The highest BCUT2D eigenvalue weighted by Crippen LogP contribution is 2.29. The minimum Gasteiger partial charge on any atom is -0.506 e. The van der Waals surface area contributed by atoms with Crippen molar-refractivity contribution in [3.63, 3.8) is 0 Å². The molecule has 0 spiro atoms. The summed E-state index contributed by atoms with van der Waals surface area (Å²) in [4.78, 5) is 4.08. The smallest absolute Gasteiger partial charge is 0.262 e. The van der Waals surface area contributed by atoms with Gasteiger partial charge in [-0.3, -0.25) is 9.71 Å². The second-order valence-corrected chi connectivity index (χ2v) is 6.70. The van der Waals surface area contributed by atoms with Crippen LogP contribution in [0.25, 0.3) is 10.9 Å². The van der Waals surface area contributed by atoms with Crippen LogP contribution in [0.1, 0.15) is 6.92 Å². The van der Waals surface area contributed by atoms with Gasteiger partial charge in [0.25, 0.3) is 10.0 Å². The maximum Gasteiger partial charge on any atom is 0.262 e. The van der Waals surface area contributed by atoms with E-state index >= 15 is 0 Å². The van der Waals surface area contributed by atoms with E-state index < -0.39 is 10.0 Å². The van der Waals surface area contributed by atoms with Crippen LogP contribution in [-0.4, -0.2) is 25.1 Å². The molecule has 0 saturated heterocycles. The molecule has 0 amide bonds. The Labute approximate surface area is 139 Å². The van der Waals surface area contributed by atoms with Gasteiger partial charge in [0.1, 0.15) is 17.0 Å². The molecule has 0 saturated carbocycles. The number of rotatable bonds is 5. The van der Waals surface area contributed by atoms with Crippen molar-refractivity contribution in [2.24, 2.45) is 0 Å². The van der Waals surface area contributed by atoms with E-state index in [1.54, 1.807) is 36.4 Å². The molecular formula is C17H16N2O4S. The van der Waals surface area contributed by atoms with Crippen LogP contribution in [0.3, 0.4) is 0 Å². The second kappa shape index (κ2) is 6.37. The number of fused-ring (bicyclic) bond motifs is 1. The van der Waals surface area contributed by atoms with Gasteiger partial charge in [-0.25, -0.2) is 8.42 Å². The number of benzene rings is 2. The zero-order chi connectivity index (χ0) is 17.2. The van der Waals surface area contributed by atoms with Gasteiger partial charge in [-0.15, -0.1) is 0 Å². The molecule has 0 radical (unpaired) electrons. The van der Waals surface area contributed by atoms with E-state index in [2.05, 4.69) is 9.71 Å². The number of para-hydroxylation sites is 1. The van der Waals surface area contributed by atoms with Crippen LogP contribution < -0.4 is 9.46 Å². The number of sulfonamides is 1. The van der Waals surface area contributed by atoms with Crippen molar-refractivity contribution in [1.29, 1.82) is 0 Å². The number of phenols is 1. The molecule has 2 aromatic carbocycles. The molecule has 3 aromatic rings. The number of pyridine rings is 1. The highest BCUT2D eigenvalue weighted by Gasteiger charge is 2.19. The van der Waals surface area contributed by atoms with E-state index in [9.17, 15) is 13.5 Å². The van der Waals surface area contributed by atoms with Crippen molar-refractivity contribution >= 4 is 26.6 Å². The molecule has 1 heterocycles. The van der Waals surface area contributed by atoms with Crippen molar-refractivity contribution in [2.75, 3.05) is 11.3 Å². The lowest BCUT2D eigenvalue weighted by Crippen LogP contribution is -2.13. The van der Waals surface area contributed by atoms with Crippen LogP contribution in [0, 0.1) is 0 Å². The Morgan fingerprint density at radius 2 is 1.96 bits per heavy atom. The number of hydrogen-bond donors (Lipinski definition) is 2. The minimum absolute atomic E-state index is 0.0465. The van der Waals surface area contributed by atoms with Gasteiger partial charge in [0.2, 0.25) is 0 Å². The Bertz CT molecular complexity index is 987. The van der Waals surface area contributed by atoms with Crippen molar-refractivity contribution in [3.05, 3.63) is 54.7 Å². The van der Waals surface area contributed by atoms with Crippen LogP contribution in [0.5, 0.6) is 11.5 Å². The van der Waals surface area contributed by atoms with Gasteiger partial charge in [0.15, 0.2) is 0 Å². The van der Waals surface area contributed by atoms with E-state index in [0.717, 1.165) is 0 Å². The van der Waals surface area contributed by atoms with E-state index in [1.807, 2.05) is 6.92 Å². The summed E-state index contributed by atoms with van der Waals surface area (Å²) in [5.41, 5.74) is 0.634. The monoisotopic (exact) mass is 344 g/mol. The predicted octanol–water partition coefficient (Wildman–Crippen LogP) is 3.14. The summed E-state index contributed by atoms with van der Waals surface area (Å²) in [5, 5.41) is 10.2. The summed E-state index contributed by atoms with van der Waals surface area (Å²) >= 11 is 0. The van der Waals surface area contributed by atoms with Gasteiger partial charge in [-0.2, -0.15) is 0 Å². The zero-order valence-electron chi connectivity index (χ0n) is 12.9. The number of anilines is 1. The number of nitrogens with zero attached hydrogens (tertiary/aromatic N) is 1. The number of ether oxygens (including phenoxy) is 1. The lowest BCUT2D eigenvalue weighted by molar-refractivity contribution is 0.340. The van der Waals surface area contributed by atoms with E-state index in [4.69, 9.17) is 4.74 Å². The van der Waals surface area contributed by atoms with Crippen LogP contribution >= 0.6 is 0 Å². The summed E-state index contributed by atoms with van der Waals surface area (Å²) in [6.07, 6.45) is 1.35. The molecule has 0 aliphatic carbocycles.